The van der Waals surface area contributed by atoms with Crippen LogP contribution < -0.4 is 25.0 Å². The minimum absolute atomic E-state index is 0.355. The molecule has 5 rings (SSSR count). The van der Waals surface area contributed by atoms with Crippen LogP contribution in [0.25, 0.3) is 10.9 Å². The quantitative estimate of drug-likeness (QED) is 0.391. The summed E-state index contributed by atoms with van der Waals surface area (Å²) < 4.78 is 43.6. The van der Waals surface area contributed by atoms with Crippen LogP contribution in [-0.2, 0) is 11.4 Å². The van der Waals surface area contributed by atoms with Gasteiger partial charge < -0.3 is 30.1 Å². The van der Waals surface area contributed by atoms with E-state index in [1.807, 2.05) is 30.3 Å². The number of hydrogen-bond donors (Lipinski definition) is 3. The van der Waals surface area contributed by atoms with Crippen molar-refractivity contribution in [2.75, 3.05) is 43.5 Å². The van der Waals surface area contributed by atoms with E-state index in [0.29, 0.717) is 24.1 Å². The summed E-state index contributed by atoms with van der Waals surface area (Å²) in [5.41, 5.74) is 1.99. The molecule has 12 heteroatoms. The number of carboxylic acid groups (broad SMARTS) is 1. The van der Waals surface area contributed by atoms with Crippen molar-refractivity contribution in [2.24, 2.45) is 0 Å². The van der Waals surface area contributed by atoms with Crippen LogP contribution in [0.2, 0.25) is 0 Å². The number of hydrogen-bond acceptors (Lipinski definition) is 8. The third-order valence-electron chi connectivity index (χ3n) is 6.48. The van der Waals surface area contributed by atoms with Gasteiger partial charge in [-0.1, -0.05) is 30.3 Å². The second-order valence-electron chi connectivity index (χ2n) is 9.35. The molecule has 0 spiro atoms. The first kappa shape index (κ1) is 28.2. The average molecular weight is 548 g/mol. The lowest BCUT2D eigenvalue weighted by Gasteiger charge is -2.26. The molecule has 3 heterocycles. The molecule has 2 aliphatic rings. The predicted octanol–water partition coefficient (Wildman–Crippen LogP) is 4.61. The standard InChI is InChI=1S/C25H31N5O2.C2HF3O2/c1-31-22-14-20-21(15-23(22)32-17-18-8-3-2-4-9-18)28-25(30-12-5-6-13-30)29-24(20)27-19-10-7-11-26-16-19;3-2(4,5)1(6)7/h2-4,8-9,14-15,19,26H,5-7,10-13,16-17H2,1H3,(H,27,28,29);(H,6,7)/t19-;/m1./s1. The van der Waals surface area contributed by atoms with E-state index in [-0.39, 0.29) is 0 Å². The number of carboxylic acids is 1. The van der Waals surface area contributed by atoms with Crippen molar-refractivity contribution in [1.82, 2.24) is 15.3 Å². The maximum Gasteiger partial charge on any atom is 0.490 e. The second kappa shape index (κ2) is 12.8. The number of ether oxygens (including phenoxy) is 2. The van der Waals surface area contributed by atoms with E-state index < -0.39 is 12.1 Å². The molecule has 0 aliphatic carbocycles. The Kier molecular flexibility index (Phi) is 9.28. The summed E-state index contributed by atoms with van der Waals surface area (Å²) in [6.45, 7) is 4.51. The molecular weight excluding hydrogens is 515 g/mol. The van der Waals surface area contributed by atoms with E-state index in [9.17, 15) is 13.2 Å². The second-order valence-corrected chi connectivity index (χ2v) is 9.35. The van der Waals surface area contributed by atoms with Gasteiger partial charge in [0.25, 0.3) is 0 Å². The lowest BCUT2D eigenvalue weighted by Crippen LogP contribution is -2.38. The molecule has 0 bridgehead atoms. The molecule has 210 valence electrons. The molecule has 39 heavy (non-hydrogen) atoms. The minimum atomic E-state index is -5.08. The van der Waals surface area contributed by atoms with Crippen molar-refractivity contribution < 1.29 is 32.5 Å². The molecule has 0 unspecified atom stereocenters. The van der Waals surface area contributed by atoms with Crippen molar-refractivity contribution in [2.45, 2.75) is 44.5 Å². The number of nitrogens with one attached hydrogen (secondary N) is 2. The van der Waals surface area contributed by atoms with Crippen molar-refractivity contribution in [3.8, 4) is 11.5 Å². The summed E-state index contributed by atoms with van der Waals surface area (Å²) in [6, 6.07) is 14.5. The summed E-state index contributed by atoms with van der Waals surface area (Å²) in [5.74, 6) is 0.294. The highest BCUT2D eigenvalue weighted by molar-refractivity contribution is 5.93. The largest absolute Gasteiger partial charge is 0.493 e. The molecule has 0 radical (unpaired) electrons. The predicted molar refractivity (Wildman–Crippen MR) is 142 cm³/mol. The Labute approximate surface area is 224 Å². The highest BCUT2D eigenvalue weighted by atomic mass is 19.4. The number of anilines is 2. The van der Waals surface area contributed by atoms with Gasteiger partial charge in [-0.3, -0.25) is 0 Å². The van der Waals surface area contributed by atoms with Gasteiger partial charge in [0.15, 0.2) is 11.5 Å². The number of alkyl halides is 3. The van der Waals surface area contributed by atoms with Gasteiger partial charge in [0.05, 0.1) is 12.6 Å². The molecule has 2 aliphatic heterocycles. The number of aliphatic carboxylic acids is 1. The van der Waals surface area contributed by atoms with E-state index in [0.717, 1.165) is 60.8 Å². The highest BCUT2D eigenvalue weighted by Gasteiger charge is 2.38. The third-order valence-corrected chi connectivity index (χ3v) is 6.48. The summed E-state index contributed by atoms with van der Waals surface area (Å²) in [5, 5.41) is 15.2. The van der Waals surface area contributed by atoms with Crippen LogP contribution in [0.5, 0.6) is 11.5 Å². The Hall–Kier alpha value is -3.80. The Balaban J connectivity index is 0.000000448. The minimum Gasteiger partial charge on any atom is -0.493 e. The van der Waals surface area contributed by atoms with Crippen molar-refractivity contribution in [3.05, 3.63) is 48.0 Å². The fourth-order valence-electron chi connectivity index (χ4n) is 4.47. The number of methoxy groups -OCH3 is 1. The molecular formula is C27H32F3N5O4. The van der Waals surface area contributed by atoms with E-state index in [1.165, 1.54) is 19.3 Å². The fraction of sp³-hybridized carbons (Fsp3) is 0.444. The number of halogens is 3. The van der Waals surface area contributed by atoms with Crippen LogP contribution >= 0.6 is 0 Å². The van der Waals surface area contributed by atoms with Gasteiger partial charge in [0, 0.05) is 37.1 Å². The van der Waals surface area contributed by atoms with Gasteiger partial charge in [-0.2, -0.15) is 18.2 Å². The number of aromatic nitrogens is 2. The Morgan fingerprint density at radius 1 is 1.13 bits per heavy atom. The van der Waals surface area contributed by atoms with Gasteiger partial charge >= 0.3 is 12.1 Å². The van der Waals surface area contributed by atoms with Crippen LogP contribution in [-0.4, -0.2) is 66.6 Å². The molecule has 1 aromatic heterocycles. The molecule has 0 saturated carbocycles. The zero-order valence-corrected chi connectivity index (χ0v) is 21.6. The van der Waals surface area contributed by atoms with E-state index in [2.05, 4.69) is 27.7 Å². The zero-order valence-electron chi connectivity index (χ0n) is 21.6. The fourth-order valence-corrected chi connectivity index (χ4v) is 4.47. The molecule has 0 amide bonds. The summed E-state index contributed by atoms with van der Waals surface area (Å²) in [6.07, 6.45) is -0.414. The van der Waals surface area contributed by atoms with Crippen molar-refractivity contribution in [1.29, 1.82) is 0 Å². The Bertz CT molecular complexity index is 1250. The lowest BCUT2D eigenvalue weighted by molar-refractivity contribution is -0.192. The first-order valence-electron chi connectivity index (χ1n) is 12.8. The molecule has 9 nitrogen and oxygen atoms in total. The SMILES string of the molecule is COc1cc2c(N[C@@H]3CCCNC3)nc(N3CCCC3)nc2cc1OCc1ccccc1.O=C(O)C(F)(F)F. The Morgan fingerprint density at radius 2 is 1.85 bits per heavy atom. The normalized spacial score (nSPS) is 17.3. The zero-order chi connectivity index (χ0) is 27.8. The van der Waals surface area contributed by atoms with Gasteiger partial charge in [-0.05, 0) is 43.9 Å². The highest BCUT2D eigenvalue weighted by Crippen LogP contribution is 2.36. The van der Waals surface area contributed by atoms with Crippen LogP contribution in [0.4, 0.5) is 24.9 Å². The number of carbonyl (C=O) groups is 1. The van der Waals surface area contributed by atoms with E-state index >= 15 is 0 Å². The molecule has 2 saturated heterocycles. The van der Waals surface area contributed by atoms with Crippen LogP contribution in [0.15, 0.2) is 42.5 Å². The maximum absolute atomic E-state index is 10.6. The van der Waals surface area contributed by atoms with Gasteiger partial charge in [0.1, 0.15) is 12.4 Å². The van der Waals surface area contributed by atoms with E-state index in [4.69, 9.17) is 29.3 Å². The average Bonchev–Trinajstić information content (AvgIpc) is 3.48. The van der Waals surface area contributed by atoms with Gasteiger partial charge in [0.2, 0.25) is 5.95 Å². The van der Waals surface area contributed by atoms with Crippen molar-refractivity contribution in [3.63, 3.8) is 0 Å². The van der Waals surface area contributed by atoms with Gasteiger partial charge in [-0.15, -0.1) is 0 Å². The van der Waals surface area contributed by atoms with Crippen LogP contribution in [0.3, 0.4) is 0 Å². The number of rotatable bonds is 7. The number of piperidine rings is 1. The summed E-state index contributed by atoms with van der Waals surface area (Å²) >= 11 is 0. The first-order valence-corrected chi connectivity index (χ1v) is 12.8. The maximum atomic E-state index is 10.6. The molecule has 2 fully saturated rings. The molecule has 3 aromatic rings. The smallest absolute Gasteiger partial charge is 0.490 e. The van der Waals surface area contributed by atoms with Crippen LogP contribution in [0.1, 0.15) is 31.2 Å². The molecule has 1 atom stereocenters. The summed E-state index contributed by atoms with van der Waals surface area (Å²) in [4.78, 5) is 21.1. The topological polar surface area (TPSA) is 109 Å². The molecule has 2 aromatic carbocycles. The van der Waals surface area contributed by atoms with E-state index in [1.54, 1.807) is 7.11 Å². The lowest BCUT2D eigenvalue weighted by atomic mass is 10.1. The number of fused-ring (bicyclic) bond motifs is 1. The first-order chi connectivity index (χ1) is 18.7. The number of benzene rings is 2. The third kappa shape index (κ3) is 7.62. The van der Waals surface area contributed by atoms with Crippen LogP contribution in [0, 0.1) is 0 Å². The number of nitrogens with zero attached hydrogens (tertiary/aromatic N) is 3. The monoisotopic (exact) mass is 547 g/mol. The van der Waals surface area contributed by atoms with Gasteiger partial charge in [-0.25, -0.2) is 9.78 Å². The molecule has 3 N–H and O–H groups in total. The Morgan fingerprint density at radius 3 is 2.46 bits per heavy atom. The van der Waals surface area contributed by atoms with Crippen molar-refractivity contribution >= 4 is 28.6 Å². The summed E-state index contributed by atoms with van der Waals surface area (Å²) in [7, 11) is 1.67.